The smallest absolute Gasteiger partial charge is 0.256 e. The lowest BCUT2D eigenvalue weighted by Crippen LogP contribution is -2.38. The number of carbonyl (C=O) groups excluding carboxylic acids is 2. The van der Waals surface area contributed by atoms with Gasteiger partial charge >= 0.3 is 0 Å². The highest BCUT2D eigenvalue weighted by Crippen LogP contribution is 2.18. The molecule has 2 rings (SSSR count). The molecule has 1 aliphatic rings. The molecule has 0 aliphatic carbocycles. The lowest BCUT2D eigenvalue weighted by atomic mass is 10.1. The van der Waals surface area contributed by atoms with Crippen molar-refractivity contribution in [2.24, 2.45) is 0 Å². The first kappa shape index (κ1) is 13.2. The summed E-state index contributed by atoms with van der Waals surface area (Å²) in [7, 11) is 1.74. The van der Waals surface area contributed by atoms with Gasteiger partial charge in [0.25, 0.3) is 5.91 Å². The van der Waals surface area contributed by atoms with Gasteiger partial charge in [-0.2, -0.15) is 0 Å². The van der Waals surface area contributed by atoms with Crippen LogP contribution in [-0.2, 0) is 4.79 Å². The Morgan fingerprint density at radius 1 is 1.26 bits per heavy atom. The highest BCUT2D eigenvalue weighted by molar-refractivity contribution is 6.01. The first-order valence-electron chi connectivity index (χ1n) is 6.17. The lowest BCUT2D eigenvalue weighted by molar-refractivity contribution is -0.129. The summed E-state index contributed by atoms with van der Waals surface area (Å²) in [6.07, 6.45) is 0.767. The van der Waals surface area contributed by atoms with Crippen LogP contribution in [0, 0.1) is 0 Å². The van der Waals surface area contributed by atoms with Crippen molar-refractivity contribution in [2.75, 3.05) is 38.1 Å². The number of rotatable bonds is 1. The summed E-state index contributed by atoms with van der Waals surface area (Å²) < 4.78 is 0. The third-order valence-electron chi connectivity index (χ3n) is 3.27. The summed E-state index contributed by atoms with van der Waals surface area (Å²) in [5, 5.41) is 0. The maximum atomic E-state index is 12.4. The number of nitrogens with zero attached hydrogens (tertiary/aromatic N) is 2. The highest BCUT2D eigenvalue weighted by Gasteiger charge is 2.24. The number of hydrogen-bond acceptors (Lipinski definition) is 4. The normalized spacial score (nSPS) is 16.4. The van der Waals surface area contributed by atoms with Crippen molar-refractivity contribution in [3.05, 3.63) is 23.8 Å². The van der Waals surface area contributed by atoms with Crippen LogP contribution in [0.4, 0.5) is 11.4 Å². The molecule has 2 amide bonds. The number of hydrogen-bond donors (Lipinski definition) is 2. The molecule has 0 aromatic heterocycles. The molecule has 6 heteroatoms. The molecule has 1 fully saturated rings. The van der Waals surface area contributed by atoms with E-state index in [1.54, 1.807) is 30.1 Å². The number of carbonyl (C=O) groups is 2. The molecule has 0 radical (unpaired) electrons. The van der Waals surface area contributed by atoms with Crippen LogP contribution in [0.15, 0.2) is 18.2 Å². The van der Waals surface area contributed by atoms with E-state index in [2.05, 4.69) is 0 Å². The van der Waals surface area contributed by atoms with Gasteiger partial charge in [0.15, 0.2) is 0 Å². The van der Waals surface area contributed by atoms with Crippen molar-refractivity contribution in [2.45, 2.75) is 6.42 Å². The number of amides is 2. The van der Waals surface area contributed by atoms with E-state index >= 15 is 0 Å². The second-order valence-electron chi connectivity index (χ2n) is 4.74. The van der Waals surface area contributed by atoms with Crippen molar-refractivity contribution in [1.29, 1.82) is 0 Å². The van der Waals surface area contributed by atoms with Gasteiger partial charge in [-0.3, -0.25) is 9.59 Å². The predicted molar refractivity (Wildman–Crippen MR) is 73.4 cm³/mol. The molecule has 0 saturated carbocycles. The first-order valence-corrected chi connectivity index (χ1v) is 6.17. The molecule has 0 atom stereocenters. The zero-order chi connectivity index (χ0) is 14.0. The molecule has 4 N–H and O–H groups in total. The minimum Gasteiger partial charge on any atom is -0.399 e. The summed E-state index contributed by atoms with van der Waals surface area (Å²) in [5.41, 5.74) is 12.7. The average molecular weight is 262 g/mol. The summed E-state index contributed by atoms with van der Waals surface area (Å²) in [6, 6.07) is 4.79. The number of anilines is 2. The summed E-state index contributed by atoms with van der Waals surface area (Å²) >= 11 is 0. The SMILES string of the molecule is CN1CCCN(C(=O)c2ccc(N)cc2N)CC1=O. The fourth-order valence-electron chi connectivity index (χ4n) is 2.11. The zero-order valence-electron chi connectivity index (χ0n) is 10.9. The van der Waals surface area contributed by atoms with E-state index in [0.29, 0.717) is 30.0 Å². The molecule has 0 bridgehead atoms. The first-order chi connectivity index (χ1) is 8.99. The van der Waals surface area contributed by atoms with Gasteiger partial charge in [-0.25, -0.2) is 0 Å². The Kier molecular flexibility index (Phi) is 3.59. The second-order valence-corrected chi connectivity index (χ2v) is 4.74. The maximum absolute atomic E-state index is 12.4. The number of nitrogen functional groups attached to an aromatic ring is 2. The Bertz CT molecular complexity index is 515. The van der Waals surface area contributed by atoms with Crippen molar-refractivity contribution < 1.29 is 9.59 Å². The van der Waals surface area contributed by atoms with Gasteiger partial charge in [-0.05, 0) is 24.6 Å². The fraction of sp³-hybridized carbons (Fsp3) is 0.385. The van der Waals surface area contributed by atoms with Crippen LogP contribution in [0.5, 0.6) is 0 Å². The number of benzene rings is 1. The van der Waals surface area contributed by atoms with Gasteiger partial charge in [0.05, 0.1) is 5.56 Å². The van der Waals surface area contributed by atoms with Crippen LogP contribution in [-0.4, -0.2) is 48.3 Å². The van der Waals surface area contributed by atoms with Crippen LogP contribution in [0.2, 0.25) is 0 Å². The van der Waals surface area contributed by atoms with Crippen molar-refractivity contribution >= 4 is 23.2 Å². The van der Waals surface area contributed by atoms with E-state index in [-0.39, 0.29) is 18.4 Å². The maximum Gasteiger partial charge on any atom is 0.256 e. The monoisotopic (exact) mass is 262 g/mol. The number of likely N-dealkylation sites (N-methyl/N-ethyl adjacent to an activating group) is 1. The average Bonchev–Trinajstić information content (AvgIpc) is 2.51. The van der Waals surface area contributed by atoms with E-state index in [4.69, 9.17) is 11.5 Å². The molecule has 19 heavy (non-hydrogen) atoms. The van der Waals surface area contributed by atoms with Gasteiger partial charge < -0.3 is 21.3 Å². The molecule has 1 saturated heterocycles. The molecular weight excluding hydrogens is 244 g/mol. The van der Waals surface area contributed by atoms with Crippen molar-refractivity contribution in [1.82, 2.24) is 9.80 Å². The minimum absolute atomic E-state index is 0.0557. The lowest BCUT2D eigenvalue weighted by Gasteiger charge is -2.20. The fourth-order valence-corrected chi connectivity index (χ4v) is 2.11. The summed E-state index contributed by atoms with van der Waals surface area (Å²) in [4.78, 5) is 27.3. The standard InChI is InChI=1S/C13H18N4O2/c1-16-5-2-6-17(8-12(16)18)13(19)10-4-3-9(14)7-11(10)15/h3-4,7H,2,5-6,8,14-15H2,1H3. The second kappa shape index (κ2) is 5.17. The summed E-state index contributed by atoms with van der Waals surface area (Å²) in [5.74, 6) is -0.277. The molecule has 1 aromatic rings. The molecule has 6 nitrogen and oxygen atoms in total. The van der Waals surface area contributed by atoms with Gasteiger partial charge in [0.1, 0.15) is 6.54 Å². The Balaban J connectivity index is 2.21. The quantitative estimate of drug-likeness (QED) is 0.705. The van der Waals surface area contributed by atoms with E-state index in [1.165, 1.54) is 4.90 Å². The minimum atomic E-state index is -0.221. The third kappa shape index (κ3) is 2.78. The zero-order valence-corrected chi connectivity index (χ0v) is 10.9. The predicted octanol–water partition coefficient (Wildman–Crippen LogP) is 0.155. The Labute approximate surface area is 112 Å². The molecule has 102 valence electrons. The molecule has 1 heterocycles. The topological polar surface area (TPSA) is 92.7 Å². The molecular formula is C13H18N4O2. The van der Waals surface area contributed by atoms with E-state index in [9.17, 15) is 9.59 Å². The van der Waals surface area contributed by atoms with E-state index < -0.39 is 0 Å². The molecule has 1 aliphatic heterocycles. The molecule has 1 aromatic carbocycles. The molecule has 0 unspecified atom stereocenters. The molecule has 0 spiro atoms. The van der Waals surface area contributed by atoms with E-state index in [0.717, 1.165) is 6.42 Å². The van der Waals surface area contributed by atoms with Crippen molar-refractivity contribution in [3.63, 3.8) is 0 Å². The van der Waals surface area contributed by atoms with Gasteiger partial charge in [-0.15, -0.1) is 0 Å². The Morgan fingerprint density at radius 2 is 2.00 bits per heavy atom. The van der Waals surface area contributed by atoms with E-state index in [1.807, 2.05) is 0 Å². The highest BCUT2D eigenvalue weighted by atomic mass is 16.2. The largest absolute Gasteiger partial charge is 0.399 e. The Hall–Kier alpha value is -2.24. The van der Waals surface area contributed by atoms with Gasteiger partial charge in [0.2, 0.25) is 5.91 Å². The summed E-state index contributed by atoms with van der Waals surface area (Å²) in [6.45, 7) is 1.32. The Morgan fingerprint density at radius 3 is 2.68 bits per heavy atom. The van der Waals surface area contributed by atoms with Crippen LogP contribution < -0.4 is 11.5 Å². The van der Waals surface area contributed by atoms with Crippen LogP contribution >= 0.6 is 0 Å². The van der Waals surface area contributed by atoms with Gasteiger partial charge in [0, 0.05) is 31.5 Å². The van der Waals surface area contributed by atoms with Crippen LogP contribution in [0.25, 0.3) is 0 Å². The van der Waals surface area contributed by atoms with Crippen LogP contribution in [0.1, 0.15) is 16.8 Å². The number of nitrogens with two attached hydrogens (primary N) is 2. The van der Waals surface area contributed by atoms with Gasteiger partial charge in [-0.1, -0.05) is 0 Å². The van der Waals surface area contributed by atoms with Crippen LogP contribution in [0.3, 0.4) is 0 Å². The third-order valence-corrected chi connectivity index (χ3v) is 3.27. The van der Waals surface area contributed by atoms with Crippen molar-refractivity contribution in [3.8, 4) is 0 Å².